The molecule has 1 aromatic carbocycles. The van der Waals surface area contributed by atoms with E-state index >= 15 is 0 Å². The van der Waals surface area contributed by atoms with E-state index < -0.39 is 11.8 Å². The van der Waals surface area contributed by atoms with Crippen LogP contribution in [-0.2, 0) is 0 Å². The van der Waals surface area contributed by atoms with Crippen LogP contribution in [-0.4, -0.2) is 45.5 Å². The van der Waals surface area contributed by atoms with Gasteiger partial charge < -0.3 is 16.0 Å². The van der Waals surface area contributed by atoms with Crippen molar-refractivity contribution in [2.45, 2.75) is 19.3 Å². The van der Waals surface area contributed by atoms with E-state index in [9.17, 15) is 9.59 Å². The molecule has 0 saturated carbocycles. The van der Waals surface area contributed by atoms with Crippen molar-refractivity contribution in [2.24, 2.45) is 5.73 Å². The number of nitrogens with two attached hydrogens (primary N) is 1. The number of carbonyl (C=O) groups excluding carboxylic acids is 2. The largest absolute Gasteiger partial charge is 0.371 e. The van der Waals surface area contributed by atoms with Gasteiger partial charge in [0, 0.05) is 13.1 Å². The summed E-state index contributed by atoms with van der Waals surface area (Å²) in [5.74, 6) is -1.25. The zero-order valence-electron chi connectivity index (χ0n) is 12.5. The first-order chi connectivity index (χ1) is 11.2. The van der Waals surface area contributed by atoms with Crippen molar-refractivity contribution < 1.29 is 9.59 Å². The Morgan fingerprint density at radius 1 is 1.22 bits per heavy atom. The van der Waals surface area contributed by atoms with Crippen LogP contribution < -0.4 is 16.0 Å². The highest BCUT2D eigenvalue weighted by molar-refractivity contribution is 6.10. The van der Waals surface area contributed by atoms with Gasteiger partial charge in [-0.3, -0.25) is 9.59 Å². The molecule has 0 bridgehead atoms. The lowest BCUT2D eigenvalue weighted by Gasteiger charge is -2.30. The molecule has 1 aromatic heterocycles. The number of nitrogens with zero attached hydrogens (tertiary/aromatic N) is 4. The predicted molar refractivity (Wildman–Crippen MR) is 83.2 cm³/mol. The van der Waals surface area contributed by atoms with Crippen LogP contribution in [0, 0.1) is 0 Å². The van der Waals surface area contributed by atoms with Gasteiger partial charge in [0.1, 0.15) is 0 Å². The molecule has 2 heterocycles. The van der Waals surface area contributed by atoms with Crippen molar-refractivity contribution in [3.63, 3.8) is 0 Å². The maximum Gasteiger partial charge on any atom is 0.297 e. The Hall–Kier alpha value is -2.97. The molecule has 1 aliphatic rings. The molecule has 1 fully saturated rings. The minimum absolute atomic E-state index is 0.108. The van der Waals surface area contributed by atoms with Crippen molar-refractivity contribution in [1.29, 1.82) is 0 Å². The van der Waals surface area contributed by atoms with E-state index in [2.05, 4.69) is 30.8 Å². The number of aromatic nitrogens is 4. The topological polar surface area (TPSA) is 130 Å². The molecule has 0 atom stereocenters. The van der Waals surface area contributed by atoms with E-state index in [1.807, 2.05) is 6.07 Å². The standard InChI is InChI=1S/C14H17N7O2/c15-12(22)11-9(16-14(23)13-17-19-20-18-13)5-4-6-10(11)21-7-2-1-3-8-21/h4-6H,1-3,7-8H2,(H2,15,22)(H,16,23)(H,17,18,19,20). The molecule has 23 heavy (non-hydrogen) atoms. The van der Waals surface area contributed by atoms with Crippen LogP contribution in [0.3, 0.4) is 0 Å². The molecule has 3 rings (SSSR count). The molecule has 1 saturated heterocycles. The number of H-pyrrole nitrogens is 1. The molecule has 9 nitrogen and oxygen atoms in total. The molecule has 120 valence electrons. The number of piperidine rings is 1. The smallest absolute Gasteiger partial charge is 0.297 e. The van der Waals surface area contributed by atoms with Crippen molar-refractivity contribution in [1.82, 2.24) is 20.6 Å². The minimum Gasteiger partial charge on any atom is -0.371 e. The molecule has 2 amide bonds. The summed E-state index contributed by atoms with van der Waals surface area (Å²) in [6.45, 7) is 1.73. The number of nitrogens with one attached hydrogen (secondary N) is 2. The number of hydrogen-bond acceptors (Lipinski definition) is 6. The van der Waals surface area contributed by atoms with E-state index in [0.29, 0.717) is 11.3 Å². The van der Waals surface area contributed by atoms with E-state index in [1.54, 1.807) is 12.1 Å². The highest BCUT2D eigenvalue weighted by Crippen LogP contribution is 2.29. The van der Waals surface area contributed by atoms with Gasteiger partial charge in [-0.2, -0.15) is 5.21 Å². The number of carbonyl (C=O) groups is 2. The molecule has 0 spiro atoms. The Kier molecular flexibility index (Phi) is 4.18. The fourth-order valence-electron chi connectivity index (χ4n) is 2.74. The maximum absolute atomic E-state index is 12.1. The molecule has 0 aliphatic carbocycles. The quantitative estimate of drug-likeness (QED) is 0.755. The van der Waals surface area contributed by atoms with Gasteiger partial charge in [0.05, 0.1) is 16.9 Å². The third-order valence-electron chi connectivity index (χ3n) is 3.78. The van der Waals surface area contributed by atoms with Crippen molar-refractivity contribution >= 4 is 23.2 Å². The van der Waals surface area contributed by atoms with Crippen LogP contribution in [0.25, 0.3) is 0 Å². The number of rotatable bonds is 4. The van der Waals surface area contributed by atoms with Gasteiger partial charge in [-0.05, 0) is 36.6 Å². The lowest BCUT2D eigenvalue weighted by Crippen LogP contribution is -2.32. The SMILES string of the molecule is NC(=O)c1c(NC(=O)c2nn[nH]n2)cccc1N1CCCCC1. The summed E-state index contributed by atoms with van der Waals surface area (Å²) < 4.78 is 0. The van der Waals surface area contributed by atoms with E-state index in [1.165, 1.54) is 6.42 Å². The monoisotopic (exact) mass is 315 g/mol. The Balaban J connectivity index is 1.93. The average molecular weight is 315 g/mol. The van der Waals surface area contributed by atoms with Crippen LogP contribution in [0.5, 0.6) is 0 Å². The Morgan fingerprint density at radius 2 is 2.00 bits per heavy atom. The number of anilines is 2. The Morgan fingerprint density at radius 3 is 2.65 bits per heavy atom. The zero-order valence-corrected chi connectivity index (χ0v) is 12.5. The van der Waals surface area contributed by atoms with Gasteiger partial charge in [0.25, 0.3) is 17.6 Å². The second-order valence-electron chi connectivity index (χ2n) is 5.30. The second-order valence-corrected chi connectivity index (χ2v) is 5.30. The highest BCUT2D eigenvalue weighted by Gasteiger charge is 2.22. The van der Waals surface area contributed by atoms with Crippen molar-refractivity contribution in [3.8, 4) is 0 Å². The first-order valence-corrected chi connectivity index (χ1v) is 7.39. The number of aromatic amines is 1. The molecule has 0 radical (unpaired) electrons. The summed E-state index contributed by atoms with van der Waals surface area (Å²) in [6, 6.07) is 5.25. The van der Waals surface area contributed by atoms with Crippen LogP contribution in [0.1, 0.15) is 40.2 Å². The van der Waals surface area contributed by atoms with E-state index in [0.717, 1.165) is 31.6 Å². The molecular weight excluding hydrogens is 298 g/mol. The molecule has 2 aromatic rings. The summed E-state index contributed by atoms with van der Waals surface area (Å²) in [4.78, 5) is 26.1. The fourth-order valence-corrected chi connectivity index (χ4v) is 2.74. The third-order valence-corrected chi connectivity index (χ3v) is 3.78. The number of benzene rings is 1. The highest BCUT2D eigenvalue weighted by atomic mass is 16.2. The molecular formula is C14H17N7O2. The van der Waals surface area contributed by atoms with E-state index in [-0.39, 0.29) is 5.82 Å². The second kappa shape index (κ2) is 6.42. The number of hydrogen-bond donors (Lipinski definition) is 3. The van der Waals surface area contributed by atoms with Crippen LogP contribution >= 0.6 is 0 Å². The number of amides is 2. The Labute approximate surface area is 132 Å². The van der Waals surface area contributed by atoms with Gasteiger partial charge in [-0.1, -0.05) is 6.07 Å². The number of tetrazole rings is 1. The van der Waals surface area contributed by atoms with E-state index in [4.69, 9.17) is 5.73 Å². The first-order valence-electron chi connectivity index (χ1n) is 7.39. The Bertz CT molecular complexity index is 708. The fraction of sp³-hybridized carbons (Fsp3) is 0.357. The van der Waals surface area contributed by atoms with Crippen molar-refractivity contribution in [3.05, 3.63) is 29.6 Å². The summed E-state index contributed by atoms with van der Waals surface area (Å²) in [6.07, 6.45) is 3.31. The van der Waals surface area contributed by atoms with Crippen LogP contribution in [0.15, 0.2) is 18.2 Å². The van der Waals surface area contributed by atoms with Crippen LogP contribution in [0.4, 0.5) is 11.4 Å². The molecule has 0 unspecified atom stereocenters. The van der Waals surface area contributed by atoms with Gasteiger partial charge in [-0.25, -0.2) is 0 Å². The molecule has 9 heteroatoms. The van der Waals surface area contributed by atoms with Crippen LogP contribution in [0.2, 0.25) is 0 Å². The molecule has 1 aliphatic heterocycles. The summed E-state index contributed by atoms with van der Waals surface area (Å²) in [5, 5.41) is 15.4. The average Bonchev–Trinajstić information content (AvgIpc) is 3.10. The maximum atomic E-state index is 12.1. The zero-order chi connectivity index (χ0) is 16.2. The van der Waals surface area contributed by atoms with Gasteiger partial charge in [0.2, 0.25) is 0 Å². The first kappa shape index (κ1) is 14.9. The number of primary amides is 1. The molecule has 4 N–H and O–H groups in total. The van der Waals surface area contributed by atoms with Gasteiger partial charge in [-0.15, -0.1) is 10.2 Å². The lowest BCUT2D eigenvalue weighted by molar-refractivity contribution is 0.100. The summed E-state index contributed by atoms with van der Waals surface area (Å²) >= 11 is 0. The minimum atomic E-state index is -0.588. The van der Waals surface area contributed by atoms with Gasteiger partial charge >= 0.3 is 0 Å². The normalized spacial score (nSPS) is 14.5. The van der Waals surface area contributed by atoms with Crippen molar-refractivity contribution in [2.75, 3.05) is 23.3 Å². The third kappa shape index (κ3) is 3.12. The lowest BCUT2D eigenvalue weighted by atomic mass is 10.0. The van der Waals surface area contributed by atoms with Gasteiger partial charge in [0.15, 0.2) is 0 Å². The summed E-state index contributed by atoms with van der Waals surface area (Å²) in [7, 11) is 0. The summed E-state index contributed by atoms with van der Waals surface area (Å²) in [5.41, 5.74) is 6.93. The predicted octanol–water partition coefficient (Wildman–Crippen LogP) is 0.541.